The fourth-order valence-electron chi connectivity index (χ4n) is 13.2. The fraction of sp³-hybridized carbons (Fsp3) is 0.0833. The molecule has 0 N–H and O–H groups in total. The normalized spacial score (nSPS) is 13.9. The van der Waals surface area contributed by atoms with Gasteiger partial charge in [-0.25, -0.2) is 0 Å². The first kappa shape index (κ1) is 44.9. The molecule has 0 saturated heterocycles. The van der Waals surface area contributed by atoms with Crippen molar-refractivity contribution < 1.29 is 0 Å². The number of anilines is 6. The van der Waals surface area contributed by atoms with Crippen LogP contribution in [0.1, 0.15) is 49.9 Å². The van der Waals surface area contributed by atoms with E-state index in [4.69, 9.17) is 0 Å². The summed E-state index contributed by atoms with van der Waals surface area (Å²) in [5.41, 5.74) is 19.3. The van der Waals surface area contributed by atoms with Crippen LogP contribution in [0.2, 0.25) is 0 Å². The Kier molecular flexibility index (Phi) is 9.68. The van der Waals surface area contributed by atoms with Gasteiger partial charge in [-0.05, 0) is 165 Å². The summed E-state index contributed by atoms with van der Waals surface area (Å²) in [5, 5.41) is 7.70. The molecule has 0 unspecified atom stereocenters. The molecule has 0 bridgehead atoms. The van der Waals surface area contributed by atoms with Gasteiger partial charge in [-0.1, -0.05) is 149 Å². The van der Waals surface area contributed by atoms with Crippen LogP contribution in [0.4, 0.5) is 34.1 Å². The largest absolute Gasteiger partial charge is 0.310 e. The zero-order valence-corrected chi connectivity index (χ0v) is 45.5. The molecule has 0 saturated carbocycles. The second kappa shape index (κ2) is 16.6. The number of thiophene rings is 3. The maximum absolute atomic E-state index is 2.53. The average Bonchev–Trinajstić information content (AvgIpc) is 4.41. The van der Waals surface area contributed by atoms with Gasteiger partial charge in [0, 0.05) is 105 Å². The lowest BCUT2D eigenvalue weighted by Gasteiger charge is -2.32. The van der Waals surface area contributed by atoms with E-state index in [1.54, 1.807) is 0 Å². The van der Waals surface area contributed by atoms with E-state index in [-0.39, 0.29) is 10.8 Å². The number of fused-ring (bicyclic) bond motifs is 15. The quantitative estimate of drug-likeness (QED) is 0.157. The molecule has 16 rings (SSSR count). The number of hydrogen-bond acceptors (Lipinski definition) is 5. The number of nitrogens with zero attached hydrogens (tertiary/aromatic N) is 2. The van der Waals surface area contributed by atoms with Crippen molar-refractivity contribution in [2.45, 2.75) is 38.5 Å². The molecule has 11 aromatic carbocycles. The molecule has 2 aliphatic rings. The molecular weight excluding hydrogens is 989 g/mol. The van der Waals surface area contributed by atoms with Crippen molar-refractivity contribution in [3.8, 4) is 33.4 Å². The molecule has 77 heavy (non-hydrogen) atoms. The second-order valence-corrected chi connectivity index (χ2v) is 25.3. The highest BCUT2D eigenvalue weighted by atomic mass is 32.1. The molecule has 3 heterocycles. The summed E-state index contributed by atoms with van der Waals surface area (Å²) in [6.07, 6.45) is 0. The van der Waals surface area contributed by atoms with Crippen molar-refractivity contribution in [3.63, 3.8) is 0 Å². The predicted octanol–water partition coefficient (Wildman–Crippen LogP) is 22.0. The lowest BCUT2D eigenvalue weighted by molar-refractivity contribution is 0.660. The van der Waals surface area contributed by atoms with Crippen LogP contribution in [0.15, 0.2) is 231 Å². The third kappa shape index (κ3) is 6.77. The molecule has 0 radical (unpaired) electrons. The summed E-state index contributed by atoms with van der Waals surface area (Å²) >= 11 is 5.61. The van der Waals surface area contributed by atoms with E-state index in [2.05, 4.69) is 268 Å². The highest BCUT2D eigenvalue weighted by molar-refractivity contribution is 7.26. The van der Waals surface area contributed by atoms with Gasteiger partial charge in [0.1, 0.15) is 0 Å². The fourth-order valence-corrected chi connectivity index (χ4v) is 16.4. The average molecular weight is 1040 g/mol. The van der Waals surface area contributed by atoms with Gasteiger partial charge in [0.2, 0.25) is 0 Å². The summed E-state index contributed by atoms with van der Waals surface area (Å²) < 4.78 is 7.78. The zero-order chi connectivity index (χ0) is 51.3. The van der Waals surface area contributed by atoms with Crippen molar-refractivity contribution in [2.24, 2.45) is 0 Å². The summed E-state index contributed by atoms with van der Waals surface area (Å²) in [6, 6.07) is 87.6. The summed E-state index contributed by atoms with van der Waals surface area (Å²) in [6.45, 7) is 9.56. The summed E-state index contributed by atoms with van der Waals surface area (Å²) in [7, 11) is 0. The van der Waals surface area contributed by atoms with Crippen LogP contribution in [0.3, 0.4) is 0 Å². The Balaban J connectivity index is 0.986. The molecule has 5 heteroatoms. The minimum absolute atomic E-state index is 0.185. The van der Waals surface area contributed by atoms with Crippen LogP contribution in [-0.2, 0) is 10.8 Å². The molecule has 14 aromatic rings. The molecule has 0 spiro atoms. The lowest BCUT2D eigenvalue weighted by Crippen LogP contribution is -2.17. The Morgan fingerprint density at radius 1 is 0.247 bits per heavy atom. The van der Waals surface area contributed by atoms with E-state index in [1.165, 1.54) is 111 Å². The molecule has 0 fully saturated rings. The number of rotatable bonds is 7. The second-order valence-electron chi connectivity index (χ2n) is 22.1. The SMILES string of the molecule is CC1(C)c2ccccc2-c2ccc(N(c3cc(-c4ccc5sc6ccccc6c5c4)cc(N(c4ccc5c(c4)C(C)(C)c4ccccc4-5)c4ccc5sc6ccccc6c5c4)c3)c3ccc4sc5ccccc5c4c3)cc21. The molecular formula is C72H50N2S3. The minimum Gasteiger partial charge on any atom is -0.310 e. The van der Waals surface area contributed by atoms with E-state index in [9.17, 15) is 0 Å². The first-order valence-electron chi connectivity index (χ1n) is 26.6. The Labute approximate surface area is 460 Å². The molecule has 366 valence electrons. The van der Waals surface area contributed by atoms with Crippen LogP contribution in [-0.4, -0.2) is 0 Å². The summed E-state index contributed by atoms with van der Waals surface area (Å²) in [5.74, 6) is 0. The Bertz CT molecular complexity index is 4550. The van der Waals surface area contributed by atoms with Crippen molar-refractivity contribution in [2.75, 3.05) is 9.80 Å². The van der Waals surface area contributed by atoms with Crippen LogP contribution in [0.5, 0.6) is 0 Å². The third-order valence-corrected chi connectivity index (χ3v) is 20.5. The van der Waals surface area contributed by atoms with E-state index in [1.807, 2.05) is 34.0 Å². The van der Waals surface area contributed by atoms with Gasteiger partial charge in [0.05, 0.1) is 0 Å². The lowest BCUT2D eigenvalue weighted by atomic mass is 9.82. The van der Waals surface area contributed by atoms with Gasteiger partial charge in [0.25, 0.3) is 0 Å². The van der Waals surface area contributed by atoms with Crippen molar-refractivity contribution in [1.29, 1.82) is 0 Å². The zero-order valence-electron chi connectivity index (χ0n) is 43.1. The highest BCUT2D eigenvalue weighted by Crippen LogP contribution is 2.54. The number of hydrogen-bond donors (Lipinski definition) is 0. The Morgan fingerprint density at radius 2 is 0.597 bits per heavy atom. The van der Waals surface area contributed by atoms with Crippen molar-refractivity contribution in [3.05, 3.63) is 253 Å². The van der Waals surface area contributed by atoms with E-state index in [0.717, 1.165) is 39.7 Å². The van der Waals surface area contributed by atoms with Gasteiger partial charge in [-0.3, -0.25) is 0 Å². The number of benzene rings is 11. The third-order valence-electron chi connectivity index (χ3n) is 17.0. The van der Waals surface area contributed by atoms with E-state index in [0.29, 0.717) is 0 Å². The smallest absolute Gasteiger partial charge is 0.0488 e. The van der Waals surface area contributed by atoms with Gasteiger partial charge >= 0.3 is 0 Å². The van der Waals surface area contributed by atoms with Gasteiger partial charge in [-0.15, -0.1) is 34.0 Å². The molecule has 2 nitrogen and oxygen atoms in total. The molecule has 2 aliphatic carbocycles. The van der Waals surface area contributed by atoms with Crippen LogP contribution < -0.4 is 9.80 Å². The van der Waals surface area contributed by atoms with Crippen LogP contribution in [0, 0.1) is 0 Å². The van der Waals surface area contributed by atoms with Gasteiger partial charge in [-0.2, -0.15) is 0 Å². The monoisotopic (exact) mass is 1040 g/mol. The highest BCUT2D eigenvalue weighted by Gasteiger charge is 2.37. The molecule has 0 amide bonds. The van der Waals surface area contributed by atoms with Crippen molar-refractivity contribution in [1.82, 2.24) is 0 Å². The maximum atomic E-state index is 2.53. The first-order chi connectivity index (χ1) is 37.6. The molecule has 0 atom stereocenters. The maximum Gasteiger partial charge on any atom is 0.0488 e. The Morgan fingerprint density at radius 3 is 1.06 bits per heavy atom. The van der Waals surface area contributed by atoms with Crippen LogP contribution in [0.25, 0.3) is 93.9 Å². The van der Waals surface area contributed by atoms with Crippen molar-refractivity contribution >= 4 is 129 Å². The Hall–Kier alpha value is -8.32. The van der Waals surface area contributed by atoms with E-state index < -0.39 is 0 Å². The molecule has 0 aliphatic heterocycles. The standard InChI is InChI=1S/C72H50N2S3/c1-71(2)61-20-10-5-15-51(61)53-30-26-47(41-63(53)71)73(45-28-33-69-59(39-45)56-18-8-13-23-66(56)76-69)49-35-44(43-25-32-68-58(37-43)55-17-7-12-22-65(55)75-68)36-50(38-49)74(46-29-34-70-60(40-46)57-19-9-14-24-67(57)77-70)48-27-31-54-52-16-6-11-21-62(52)72(3,4)64(54)42-48/h5-42H,1-4H3. The molecule has 3 aromatic heterocycles. The van der Waals surface area contributed by atoms with Gasteiger partial charge in [0.15, 0.2) is 0 Å². The predicted molar refractivity (Wildman–Crippen MR) is 335 cm³/mol. The van der Waals surface area contributed by atoms with E-state index >= 15 is 0 Å². The van der Waals surface area contributed by atoms with Gasteiger partial charge < -0.3 is 9.80 Å². The van der Waals surface area contributed by atoms with Crippen LogP contribution >= 0.6 is 34.0 Å². The minimum atomic E-state index is -0.185. The summed E-state index contributed by atoms with van der Waals surface area (Å²) in [4.78, 5) is 5.07. The first-order valence-corrected chi connectivity index (χ1v) is 29.1. The topological polar surface area (TPSA) is 6.48 Å².